The molecule has 3 nitrogen and oxygen atoms in total. The Morgan fingerprint density at radius 1 is 1.41 bits per heavy atom. The Kier molecular flexibility index (Phi) is 3.86. The van der Waals surface area contributed by atoms with Crippen LogP contribution in [0.4, 0.5) is 0 Å². The molecule has 0 atom stereocenters. The smallest absolute Gasteiger partial charge is 0.199 e. The number of benzene rings is 1. The highest BCUT2D eigenvalue weighted by molar-refractivity contribution is 7.71. The lowest BCUT2D eigenvalue weighted by Crippen LogP contribution is -2.02. The van der Waals surface area contributed by atoms with Crippen LogP contribution in [0.1, 0.15) is 19.2 Å². The fourth-order valence-corrected chi connectivity index (χ4v) is 2.26. The number of H-pyrrole nitrogens is 1. The molecular formula is C11H11Cl2N3S. The number of hydrogen-bond donors (Lipinski definition) is 1. The van der Waals surface area contributed by atoms with Gasteiger partial charge in [-0.15, -0.1) is 0 Å². The van der Waals surface area contributed by atoms with Gasteiger partial charge < -0.3 is 0 Å². The average molecular weight is 288 g/mol. The van der Waals surface area contributed by atoms with E-state index in [-0.39, 0.29) is 0 Å². The van der Waals surface area contributed by atoms with Crippen LogP contribution in [0.5, 0.6) is 0 Å². The highest BCUT2D eigenvalue weighted by Crippen LogP contribution is 2.29. The molecule has 0 fully saturated rings. The largest absolute Gasteiger partial charge is 0.271 e. The van der Waals surface area contributed by atoms with Crippen molar-refractivity contribution in [3.05, 3.63) is 38.8 Å². The van der Waals surface area contributed by atoms with Gasteiger partial charge in [0, 0.05) is 6.42 Å². The third kappa shape index (κ3) is 2.39. The van der Waals surface area contributed by atoms with E-state index in [2.05, 4.69) is 17.1 Å². The monoisotopic (exact) mass is 287 g/mol. The minimum atomic E-state index is 0.490. The van der Waals surface area contributed by atoms with E-state index < -0.39 is 0 Å². The first-order valence-corrected chi connectivity index (χ1v) is 6.42. The predicted molar refractivity (Wildman–Crippen MR) is 72.8 cm³/mol. The minimum absolute atomic E-state index is 0.490. The molecule has 0 radical (unpaired) electrons. The number of rotatable bonds is 3. The van der Waals surface area contributed by atoms with Gasteiger partial charge >= 0.3 is 0 Å². The summed E-state index contributed by atoms with van der Waals surface area (Å²) >= 11 is 17.4. The van der Waals surface area contributed by atoms with Crippen LogP contribution >= 0.6 is 35.4 Å². The van der Waals surface area contributed by atoms with E-state index in [0.717, 1.165) is 24.4 Å². The second-order valence-corrected chi connectivity index (χ2v) is 4.78. The number of aryl methyl sites for hydroxylation is 1. The van der Waals surface area contributed by atoms with E-state index in [4.69, 9.17) is 35.4 Å². The molecule has 0 spiro atoms. The first-order chi connectivity index (χ1) is 8.15. The topological polar surface area (TPSA) is 33.6 Å². The van der Waals surface area contributed by atoms with Crippen molar-refractivity contribution in [3.63, 3.8) is 0 Å². The Balaban J connectivity index is 2.63. The van der Waals surface area contributed by atoms with E-state index in [1.807, 2.05) is 16.7 Å². The predicted octanol–water partition coefficient (Wildman–Crippen LogP) is 4.19. The van der Waals surface area contributed by atoms with Crippen LogP contribution in [0, 0.1) is 4.77 Å². The Hall–Kier alpha value is -0.840. The zero-order chi connectivity index (χ0) is 12.4. The number of hydrogen-bond acceptors (Lipinski definition) is 2. The molecule has 17 heavy (non-hydrogen) atoms. The SMILES string of the molecule is CCCc1n[nH]c(=S)n1-c1cccc(Cl)c1Cl. The molecule has 0 bridgehead atoms. The molecule has 0 unspecified atom stereocenters. The summed E-state index contributed by atoms with van der Waals surface area (Å²) in [5.74, 6) is 0.863. The van der Waals surface area contributed by atoms with Crippen molar-refractivity contribution in [1.82, 2.24) is 14.8 Å². The minimum Gasteiger partial charge on any atom is -0.271 e. The second-order valence-electron chi connectivity index (χ2n) is 3.60. The Morgan fingerprint density at radius 2 is 2.18 bits per heavy atom. The van der Waals surface area contributed by atoms with Crippen molar-refractivity contribution in [2.75, 3.05) is 0 Å². The molecular weight excluding hydrogens is 277 g/mol. The maximum atomic E-state index is 6.19. The number of aromatic nitrogens is 3. The molecule has 0 saturated carbocycles. The van der Waals surface area contributed by atoms with Crippen LogP contribution in [0.3, 0.4) is 0 Å². The molecule has 0 saturated heterocycles. The van der Waals surface area contributed by atoms with Crippen LogP contribution in [0.15, 0.2) is 18.2 Å². The van der Waals surface area contributed by atoms with Gasteiger partial charge in [0.25, 0.3) is 0 Å². The lowest BCUT2D eigenvalue weighted by molar-refractivity contribution is 0.801. The molecule has 6 heteroatoms. The fraction of sp³-hybridized carbons (Fsp3) is 0.273. The average Bonchev–Trinajstić information content (AvgIpc) is 2.65. The molecule has 0 aliphatic heterocycles. The van der Waals surface area contributed by atoms with Crippen molar-refractivity contribution < 1.29 is 0 Å². The van der Waals surface area contributed by atoms with Gasteiger partial charge in [0.1, 0.15) is 5.82 Å². The third-order valence-corrected chi connectivity index (χ3v) is 3.47. The normalized spacial score (nSPS) is 10.8. The highest BCUT2D eigenvalue weighted by atomic mass is 35.5. The summed E-state index contributed by atoms with van der Waals surface area (Å²) in [6.45, 7) is 2.08. The lowest BCUT2D eigenvalue weighted by Gasteiger charge is -2.09. The summed E-state index contributed by atoms with van der Waals surface area (Å²) in [5.41, 5.74) is 0.765. The van der Waals surface area contributed by atoms with Crippen LogP contribution in [-0.2, 0) is 6.42 Å². The van der Waals surface area contributed by atoms with Gasteiger partial charge in [-0.2, -0.15) is 5.10 Å². The maximum Gasteiger partial charge on any atom is 0.199 e. The third-order valence-electron chi connectivity index (χ3n) is 2.39. The van der Waals surface area contributed by atoms with Gasteiger partial charge in [-0.05, 0) is 30.8 Å². The number of nitrogens with zero attached hydrogens (tertiary/aromatic N) is 2. The summed E-state index contributed by atoms with van der Waals surface area (Å²) in [6, 6.07) is 5.46. The molecule has 1 heterocycles. The molecule has 2 aromatic rings. The molecule has 0 aliphatic carbocycles. The van der Waals surface area contributed by atoms with E-state index in [1.165, 1.54) is 0 Å². The fourth-order valence-electron chi connectivity index (χ4n) is 1.63. The first-order valence-electron chi connectivity index (χ1n) is 5.25. The van der Waals surface area contributed by atoms with Gasteiger partial charge in [-0.3, -0.25) is 9.67 Å². The maximum absolute atomic E-state index is 6.19. The Labute approximate surface area is 114 Å². The van der Waals surface area contributed by atoms with Crippen molar-refractivity contribution in [1.29, 1.82) is 0 Å². The summed E-state index contributed by atoms with van der Waals surface area (Å²) in [4.78, 5) is 0. The number of nitrogens with one attached hydrogen (secondary N) is 1. The molecule has 0 aliphatic rings. The standard InChI is InChI=1S/C11H11Cl2N3S/c1-2-4-9-14-15-11(17)16(9)8-6-3-5-7(12)10(8)13/h3,5-6H,2,4H2,1H3,(H,15,17). The van der Waals surface area contributed by atoms with Gasteiger partial charge in [0.2, 0.25) is 0 Å². The molecule has 90 valence electrons. The first kappa shape index (κ1) is 12.6. The van der Waals surface area contributed by atoms with E-state index >= 15 is 0 Å². The zero-order valence-corrected chi connectivity index (χ0v) is 11.5. The molecule has 1 N–H and O–H groups in total. The van der Waals surface area contributed by atoms with Crippen molar-refractivity contribution in [2.45, 2.75) is 19.8 Å². The van der Waals surface area contributed by atoms with Crippen molar-refractivity contribution >= 4 is 35.4 Å². The summed E-state index contributed by atoms with van der Waals surface area (Å²) in [7, 11) is 0. The van der Waals surface area contributed by atoms with Crippen LogP contribution < -0.4 is 0 Å². The van der Waals surface area contributed by atoms with Crippen molar-refractivity contribution in [2.24, 2.45) is 0 Å². The number of aromatic amines is 1. The zero-order valence-electron chi connectivity index (χ0n) is 9.20. The van der Waals surface area contributed by atoms with Gasteiger partial charge in [0.05, 0.1) is 15.7 Å². The summed E-state index contributed by atoms with van der Waals surface area (Å²) in [6.07, 6.45) is 1.81. The van der Waals surface area contributed by atoms with Crippen LogP contribution in [0.2, 0.25) is 10.0 Å². The lowest BCUT2D eigenvalue weighted by atomic mass is 10.3. The van der Waals surface area contributed by atoms with Gasteiger partial charge in [-0.25, -0.2) is 0 Å². The summed E-state index contributed by atoms with van der Waals surface area (Å²) in [5, 5.41) is 7.98. The van der Waals surface area contributed by atoms with Crippen LogP contribution in [-0.4, -0.2) is 14.8 Å². The van der Waals surface area contributed by atoms with Gasteiger partial charge in [-0.1, -0.05) is 36.2 Å². The Bertz CT molecular complexity index is 589. The molecule has 1 aromatic heterocycles. The van der Waals surface area contributed by atoms with Crippen molar-refractivity contribution in [3.8, 4) is 5.69 Å². The van der Waals surface area contributed by atoms with E-state index in [0.29, 0.717) is 14.8 Å². The van der Waals surface area contributed by atoms with Crippen LogP contribution in [0.25, 0.3) is 5.69 Å². The molecule has 0 amide bonds. The van der Waals surface area contributed by atoms with Gasteiger partial charge in [0.15, 0.2) is 4.77 Å². The quantitative estimate of drug-likeness (QED) is 0.859. The van der Waals surface area contributed by atoms with E-state index in [9.17, 15) is 0 Å². The molecule has 1 aromatic carbocycles. The molecule has 2 rings (SSSR count). The Morgan fingerprint density at radius 3 is 2.88 bits per heavy atom. The highest BCUT2D eigenvalue weighted by Gasteiger charge is 2.12. The number of halogens is 2. The summed E-state index contributed by atoms with van der Waals surface area (Å²) < 4.78 is 2.35. The van der Waals surface area contributed by atoms with E-state index in [1.54, 1.807) is 6.07 Å². The second kappa shape index (κ2) is 5.21.